The molecule has 0 amide bonds. The Labute approximate surface area is 110 Å². The second kappa shape index (κ2) is 7.70. The first-order chi connectivity index (χ1) is 8.15. The molecule has 0 bridgehead atoms. The molecule has 0 aliphatic carbocycles. The van der Waals surface area contributed by atoms with Crippen molar-refractivity contribution in [1.29, 1.82) is 0 Å². The zero-order valence-corrected chi connectivity index (χ0v) is 12.0. The van der Waals surface area contributed by atoms with Crippen LogP contribution in [0.3, 0.4) is 0 Å². The maximum atomic E-state index is 5.88. The molecule has 17 heavy (non-hydrogen) atoms. The fourth-order valence-electron chi connectivity index (χ4n) is 2.03. The van der Waals surface area contributed by atoms with Crippen molar-refractivity contribution in [3.63, 3.8) is 0 Å². The van der Waals surface area contributed by atoms with E-state index in [2.05, 4.69) is 33.0 Å². The molecule has 0 saturated carbocycles. The molecular formula is C14H25ClN2+2. The summed E-state index contributed by atoms with van der Waals surface area (Å²) in [4.78, 5) is 3.24. The zero-order valence-electron chi connectivity index (χ0n) is 11.2. The smallest absolute Gasteiger partial charge is 0.127 e. The third-order valence-corrected chi connectivity index (χ3v) is 3.58. The van der Waals surface area contributed by atoms with Gasteiger partial charge in [0.1, 0.15) is 19.6 Å². The molecule has 0 spiro atoms. The monoisotopic (exact) mass is 256 g/mol. The van der Waals surface area contributed by atoms with E-state index in [1.165, 1.54) is 31.7 Å². The van der Waals surface area contributed by atoms with Crippen LogP contribution in [0.4, 0.5) is 0 Å². The number of hydrogen-bond acceptors (Lipinski definition) is 0. The highest BCUT2D eigenvalue weighted by Crippen LogP contribution is 2.08. The molecule has 0 aliphatic heterocycles. The summed E-state index contributed by atoms with van der Waals surface area (Å²) in [6.07, 6.45) is 0. The highest BCUT2D eigenvalue weighted by atomic mass is 35.5. The summed E-state index contributed by atoms with van der Waals surface area (Å²) in [6, 6.07) is 8.19. The lowest BCUT2D eigenvalue weighted by Gasteiger charge is -2.19. The molecule has 0 aromatic heterocycles. The maximum Gasteiger partial charge on any atom is 0.127 e. The lowest BCUT2D eigenvalue weighted by atomic mass is 10.2. The summed E-state index contributed by atoms with van der Waals surface area (Å²) in [5.41, 5.74) is 1.36. The Morgan fingerprint density at radius 2 is 1.59 bits per heavy atom. The van der Waals surface area contributed by atoms with Gasteiger partial charge in [0.2, 0.25) is 0 Å². The minimum absolute atomic E-state index is 0.819. The van der Waals surface area contributed by atoms with E-state index in [-0.39, 0.29) is 0 Å². The van der Waals surface area contributed by atoms with E-state index in [0.29, 0.717) is 0 Å². The molecule has 0 heterocycles. The number of rotatable bonds is 7. The van der Waals surface area contributed by atoms with Gasteiger partial charge >= 0.3 is 0 Å². The van der Waals surface area contributed by atoms with Crippen molar-refractivity contribution in [3.05, 3.63) is 34.9 Å². The van der Waals surface area contributed by atoms with E-state index in [0.717, 1.165) is 11.6 Å². The van der Waals surface area contributed by atoms with E-state index in [1.54, 1.807) is 9.80 Å². The van der Waals surface area contributed by atoms with Gasteiger partial charge in [0.05, 0.1) is 20.1 Å². The maximum absolute atomic E-state index is 5.88. The van der Waals surface area contributed by atoms with Crippen LogP contribution in [-0.4, -0.2) is 33.2 Å². The second-order valence-electron chi connectivity index (χ2n) is 4.72. The number of nitrogens with one attached hydrogen (secondary N) is 2. The molecule has 0 saturated heterocycles. The van der Waals surface area contributed by atoms with E-state index < -0.39 is 0 Å². The first-order valence-electron chi connectivity index (χ1n) is 6.55. The first-order valence-corrected chi connectivity index (χ1v) is 6.92. The minimum Gasteiger partial charge on any atom is -0.331 e. The van der Waals surface area contributed by atoms with Crippen LogP contribution in [0.2, 0.25) is 5.02 Å². The first kappa shape index (κ1) is 14.5. The van der Waals surface area contributed by atoms with Gasteiger partial charge in [0, 0.05) is 10.6 Å². The van der Waals surface area contributed by atoms with E-state index in [1.807, 2.05) is 12.1 Å². The average Bonchev–Trinajstić information content (AvgIpc) is 2.33. The fourth-order valence-corrected chi connectivity index (χ4v) is 2.16. The predicted molar refractivity (Wildman–Crippen MR) is 73.8 cm³/mol. The van der Waals surface area contributed by atoms with Gasteiger partial charge in [-0.1, -0.05) is 23.7 Å². The molecule has 1 aromatic rings. The van der Waals surface area contributed by atoms with Crippen LogP contribution in [0.15, 0.2) is 24.3 Å². The molecule has 96 valence electrons. The van der Waals surface area contributed by atoms with Crippen molar-refractivity contribution >= 4 is 11.6 Å². The van der Waals surface area contributed by atoms with Crippen molar-refractivity contribution in [1.82, 2.24) is 0 Å². The quantitative estimate of drug-likeness (QED) is 0.694. The number of hydrogen-bond donors (Lipinski definition) is 2. The number of likely N-dealkylation sites (N-methyl/N-ethyl adjacent to an activating group) is 2. The standard InChI is InChI=1S/C14H23ClN2/c1-4-17(5-2)11-10-16(3)12-13-6-8-14(15)9-7-13/h6-9H,4-5,10-12H2,1-3H3/p+2. The minimum atomic E-state index is 0.819. The van der Waals surface area contributed by atoms with Gasteiger partial charge < -0.3 is 9.80 Å². The van der Waals surface area contributed by atoms with Crippen molar-refractivity contribution in [3.8, 4) is 0 Å². The molecule has 1 rings (SSSR count). The fraction of sp³-hybridized carbons (Fsp3) is 0.571. The molecule has 1 aromatic carbocycles. The van der Waals surface area contributed by atoms with Crippen LogP contribution < -0.4 is 9.80 Å². The van der Waals surface area contributed by atoms with Crippen molar-refractivity contribution in [2.75, 3.05) is 33.2 Å². The lowest BCUT2D eigenvalue weighted by molar-refractivity contribution is -0.953. The molecule has 0 aliphatic rings. The van der Waals surface area contributed by atoms with Gasteiger partial charge in [0.15, 0.2) is 0 Å². The van der Waals surface area contributed by atoms with E-state index in [9.17, 15) is 0 Å². The van der Waals surface area contributed by atoms with Gasteiger partial charge in [-0.05, 0) is 26.0 Å². The highest BCUT2D eigenvalue weighted by molar-refractivity contribution is 6.30. The summed E-state index contributed by atoms with van der Waals surface area (Å²) in [6.45, 7) is 10.5. The SMILES string of the molecule is CC[NH+](CC)CC[NH+](C)Cc1ccc(Cl)cc1. The molecule has 0 fully saturated rings. The lowest BCUT2D eigenvalue weighted by Crippen LogP contribution is -3.18. The molecule has 0 radical (unpaired) electrons. The Balaban J connectivity index is 2.34. The van der Waals surface area contributed by atoms with Crippen LogP contribution >= 0.6 is 11.6 Å². The largest absolute Gasteiger partial charge is 0.331 e. The molecule has 1 unspecified atom stereocenters. The van der Waals surface area contributed by atoms with Gasteiger partial charge in [0.25, 0.3) is 0 Å². The van der Waals surface area contributed by atoms with Crippen LogP contribution in [0.1, 0.15) is 19.4 Å². The van der Waals surface area contributed by atoms with Gasteiger partial charge in [-0.25, -0.2) is 0 Å². The van der Waals surface area contributed by atoms with Crippen LogP contribution in [0.5, 0.6) is 0 Å². The van der Waals surface area contributed by atoms with E-state index in [4.69, 9.17) is 11.6 Å². The number of halogens is 1. The van der Waals surface area contributed by atoms with Gasteiger partial charge in [-0.2, -0.15) is 0 Å². The Morgan fingerprint density at radius 3 is 2.12 bits per heavy atom. The molecule has 2 nitrogen and oxygen atoms in total. The Morgan fingerprint density at radius 1 is 1.00 bits per heavy atom. The highest BCUT2D eigenvalue weighted by Gasteiger charge is 2.08. The predicted octanol–water partition coefficient (Wildman–Crippen LogP) is 0.279. The van der Waals surface area contributed by atoms with Crippen LogP contribution in [-0.2, 0) is 6.54 Å². The van der Waals surface area contributed by atoms with E-state index >= 15 is 0 Å². The van der Waals surface area contributed by atoms with Crippen LogP contribution in [0, 0.1) is 0 Å². The Kier molecular flexibility index (Phi) is 6.56. The molecule has 1 atom stereocenters. The summed E-state index contributed by atoms with van der Waals surface area (Å²) in [5.74, 6) is 0. The third kappa shape index (κ3) is 5.53. The normalized spacial score (nSPS) is 13.0. The Hall–Kier alpha value is -0.570. The second-order valence-corrected chi connectivity index (χ2v) is 5.15. The number of benzene rings is 1. The molecule has 3 heteroatoms. The molecule has 2 N–H and O–H groups in total. The third-order valence-electron chi connectivity index (χ3n) is 3.32. The molecular weight excluding hydrogens is 232 g/mol. The topological polar surface area (TPSA) is 8.88 Å². The van der Waals surface area contributed by atoms with Crippen molar-refractivity contribution < 1.29 is 9.80 Å². The average molecular weight is 257 g/mol. The van der Waals surface area contributed by atoms with Crippen molar-refractivity contribution in [2.24, 2.45) is 0 Å². The summed E-state index contributed by atoms with van der Waals surface area (Å²) in [7, 11) is 2.26. The van der Waals surface area contributed by atoms with Crippen molar-refractivity contribution in [2.45, 2.75) is 20.4 Å². The summed E-state index contributed by atoms with van der Waals surface area (Å²) in [5, 5.41) is 0.819. The van der Waals surface area contributed by atoms with Crippen LogP contribution in [0.25, 0.3) is 0 Å². The number of quaternary nitrogens is 2. The summed E-state index contributed by atoms with van der Waals surface area (Å²) >= 11 is 5.88. The summed E-state index contributed by atoms with van der Waals surface area (Å²) < 4.78 is 0. The van der Waals surface area contributed by atoms with Gasteiger partial charge in [-0.15, -0.1) is 0 Å². The zero-order chi connectivity index (χ0) is 12.7. The van der Waals surface area contributed by atoms with Gasteiger partial charge in [-0.3, -0.25) is 0 Å². The Bertz CT molecular complexity index is 307.